The van der Waals surface area contributed by atoms with Gasteiger partial charge < -0.3 is 4.74 Å². The van der Waals surface area contributed by atoms with Crippen LogP contribution in [0, 0.1) is 17.8 Å². The van der Waals surface area contributed by atoms with Gasteiger partial charge in [0, 0.05) is 48.9 Å². The van der Waals surface area contributed by atoms with Crippen LogP contribution in [-0.2, 0) is 0 Å². The van der Waals surface area contributed by atoms with Crippen LogP contribution in [0.5, 0.6) is 5.75 Å². The summed E-state index contributed by atoms with van der Waals surface area (Å²) in [6.45, 7) is 4.17. The zero-order chi connectivity index (χ0) is 15.2. The third-order valence-corrected chi connectivity index (χ3v) is 4.29. The molecule has 2 aliphatic rings. The lowest BCUT2D eigenvalue weighted by Gasteiger charge is -2.33. The number of ether oxygens (including phenoxy) is 1. The van der Waals surface area contributed by atoms with Crippen molar-refractivity contribution in [2.45, 2.75) is 38.8 Å². The molecular formula is C16H18F2N2O. The van der Waals surface area contributed by atoms with Crippen molar-refractivity contribution in [2.24, 2.45) is 5.41 Å². The standard InChI is InChI=1S/C16H18F2N2O/c1-4-10-6-19-7-12-13-5-11(21-14(10)12)8-20(13)9-16(2,3)15(17)18/h1,6-7,11,13,15H,5,8-9H2,2-3H3/t11-,13-/m0/s1. The smallest absolute Gasteiger partial charge is 0.244 e. The van der Waals surface area contributed by atoms with Crippen LogP contribution < -0.4 is 4.74 Å². The van der Waals surface area contributed by atoms with Gasteiger partial charge in [-0.1, -0.05) is 19.8 Å². The van der Waals surface area contributed by atoms with Gasteiger partial charge >= 0.3 is 0 Å². The van der Waals surface area contributed by atoms with E-state index in [9.17, 15) is 8.78 Å². The molecule has 1 fully saturated rings. The lowest BCUT2D eigenvalue weighted by Crippen LogP contribution is -2.38. The van der Waals surface area contributed by atoms with Crippen molar-refractivity contribution in [2.75, 3.05) is 13.1 Å². The number of pyridine rings is 1. The minimum absolute atomic E-state index is 0.0190. The third kappa shape index (κ3) is 2.38. The zero-order valence-electron chi connectivity index (χ0n) is 12.1. The number of aromatic nitrogens is 1. The predicted octanol–water partition coefficient (Wildman–Crippen LogP) is 2.86. The number of likely N-dealkylation sites (tertiary alicyclic amines) is 1. The molecule has 0 aromatic carbocycles. The number of hydrogen-bond donors (Lipinski definition) is 0. The molecular weight excluding hydrogens is 274 g/mol. The third-order valence-electron chi connectivity index (χ3n) is 4.29. The largest absolute Gasteiger partial charge is 0.487 e. The molecule has 112 valence electrons. The summed E-state index contributed by atoms with van der Waals surface area (Å²) in [6.07, 6.45) is 7.30. The highest BCUT2D eigenvalue weighted by Gasteiger charge is 2.44. The Morgan fingerprint density at radius 2 is 2.29 bits per heavy atom. The van der Waals surface area contributed by atoms with E-state index in [1.54, 1.807) is 26.2 Å². The molecule has 21 heavy (non-hydrogen) atoms. The molecule has 1 saturated heterocycles. The van der Waals surface area contributed by atoms with Crippen LogP contribution in [0.1, 0.15) is 37.4 Å². The molecule has 2 aliphatic heterocycles. The maximum absolute atomic E-state index is 13.1. The Bertz CT molecular complexity index is 594. The Balaban J connectivity index is 1.91. The summed E-state index contributed by atoms with van der Waals surface area (Å²) in [5.41, 5.74) is 0.510. The Morgan fingerprint density at radius 3 is 2.95 bits per heavy atom. The van der Waals surface area contributed by atoms with Crippen molar-refractivity contribution in [1.82, 2.24) is 9.88 Å². The quantitative estimate of drug-likeness (QED) is 0.801. The fraction of sp³-hybridized carbons (Fsp3) is 0.562. The Labute approximate surface area is 123 Å². The maximum atomic E-state index is 13.1. The molecule has 2 bridgehead atoms. The molecule has 3 rings (SSSR count). The molecule has 1 aromatic heterocycles. The first-order chi connectivity index (χ1) is 9.92. The summed E-state index contributed by atoms with van der Waals surface area (Å²) in [6, 6.07) is 0.0672. The van der Waals surface area contributed by atoms with Crippen molar-refractivity contribution in [3.05, 3.63) is 23.5 Å². The second-order valence-corrected chi connectivity index (χ2v) is 6.46. The van der Waals surface area contributed by atoms with Gasteiger partial charge in [0.1, 0.15) is 11.9 Å². The van der Waals surface area contributed by atoms with Gasteiger partial charge in [-0.15, -0.1) is 6.42 Å². The van der Waals surface area contributed by atoms with Gasteiger partial charge in [-0.05, 0) is 0 Å². The van der Waals surface area contributed by atoms with Gasteiger partial charge in [0.15, 0.2) is 0 Å². The SMILES string of the molecule is C#Cc1cncc2c1O[C@H]1C[C@@H]2N(CC(C)(C)C(F)F)C1. The van der Waals surface area contributed by atoms with E-state index in [1.165, 1.54) is 0 Å². The molecule has 1 aromatic rings. The van der Waals surface area contributed by atoms with E-state index < -0.39 is 11.8 Å². The van der Waals surface area contributed by atoms with Gasteiger partial charge in [0.2, 0.25) is 6.43 Å². The molecule has 0 spiro atoms. The first-order valence-electron chi connectivity index (χ1n) is 7.05. The molecule has 3 nitrogen and oxygen atoms in total. The maximum Gasteiger partial charge on any atom is 0.244 e. The van der Waals surface area contributed by atoms with Crippen LogP contribution in [0.25, 0.3) is 0 Å². The predicted molar refractivity (Wildman–Crippen MR) is 75.3 cm³/mol. The summed E-state index contributed by atoms with van der Waals surface area (Å²) < 4.78 is 32.2. The summed E-state index contributed by atoms with van der Waals surface area (Å²) in [4.78, 5) is 6.23. The number of terminal acetylenes is 1. The summed E-state index contributed by atoms with van der Waals surface area (Å²) in [7, 11) is 0. The van der Waals surface area contributed by atoms with Crippen molar-refractivity contribution in [3.63, 3.8) is 0 Å². The van der Waals surface area contributed by atoms with Crippen LogP contribution in [0.2, 0.25) is 0 Å². The number of rotatable bonds is 3. The molecule has 0 radical (unpaired) electrons. The normalized spacial score (nSPS) is 24.6. The topological polar surface area (TPSA) is 25.4 Å². The first-order valence-corrected chi connectivity index (χ1v) is 7.05. The minimum Gasteiger partial charge on any atom is -0.487 e. The van der Waals surface area contributed by atoms with E-state index in [-0.39, 0.29) is 12.1 Å². The van der Waals surface area contributed by atoms with E-state index in [0.29, 0.717) is 24.4 Å². The molecule has 0 aliphatic carbocycles. The summed E-state index contributed by atoms with van der Waals surface area (Å²) >= 11 is 0. The molecule has 0 amide bonds. The van der Waals surface area contributed by atoms with Gasteiger partial charge in [-0.3, -0.25) is 9.88 Å². The highest BCUT2D eigenvalue weighted by atomic mass is 19.3. The number of halogens is 2. The van der Waals surface area contributed by atoms with Crippen molar-refractivity contribution < 1.29 is 13.5 Å². The average molecular weight is 292 g/mol. The first kappa shape index (κ1) is 14.3. The monoisotopic (exact) mass is 292 g/mol. The van der Waals surface area contributed by atoms with Crippen LogP contribution in [-0.4, -0.2) is 35.5 Å². The summed E-state index contributed by atoms with van der Waals surface area (Å²) in [5, 5.41) is 0. The highest BCUT2D eigenvalue weighted by molar-refractivity contribution is 5.50. The number of hydrogen-bond acceptors (Lipinski definition) is 3. The molecule has 2 atom stereocenters. The Hall–Kier alpha value is -1.67. The fourth-order valence-electron chi connectivity index (χ4n) is 3.14. The van der Waals surface area contributed by atoms with Gasteiger partial charge in [0.05, 0.1) is 5.56 Å². The highest BCUT2D eigenvalue weighted by Crippen LogP contribution is 2.45. The Morgan fingerprint density at radius 1 is 1.52 bits per heavy atom. The average Bonchev–Trinajstić information content (AvgIpc) is 2.75. The van der Waals surface area contributed by atoms with Crippen LogP contribution in [0.3, 0.4) is 0 Å². The molecule has 0 N–H and O–H groups in total. The fourth-order valence-corrected chi connectivity index (χ4v) is 3.14. The number of nitrogens with zero attached hydrogens (tertiary/aromatic N) is 2. The van der Waals surface area contributed by atoms with Crippen LogP contribution in [0.4, 0.5) is 8.78 Å². The number of fused-ring (bicyclic) bond motifs is 4. The second kappa shape index (κ2) is 4.96. The van der Waals surface area contributed by atoms with Crippen LogP contribution >= 0.6 is 0 Å². The number of alkyl halides is 2. The lowest BCUT2D eigenvalue weighted by atomic mass is 9.92. The molecule has 5 heteroatoms. The van der Waals surface area contributed by atoms with E-state index in [4.69, 9.17) is 11.2 Å². The zero-order valence-corrected chi connectivity index (χ0v) is 12.1. The lowest BCUT2D eigenvalue weighted by molar-refractivity contribution is -0.00753. The molecule has 0 unspecified atom stereocenters. The van der Waals surface area contributed by atoms with Crippen molar-refractivity contribution in [3.8, 4) is 18.1 Å². The van der Waals surface area contributed by atoms with Gasteiger partial charge in [-0.25, -0.2) is 8.78 Å². The van der Waals surface area contributed by atoms with Crippen molar-refractivity contribution >= 4 is 0 Å². The summed E-state index contributed by atoms with van der Waals surface area (Å²) in [5.74, 6) is 3.28. The van der Waals surface area contributed by atoms with Crippen molar-refractivity contribution in [1.29, 1.82) is 0 Å². The van der Waals surface area contributed by atoms with Gasteiger partial charge in [-0.2, -0.15) is 0 Å². The molecule has 3 heterocycles. The van der Waals surface area contributed by atoms with Crippen LogP contribution in [0.15, 0.2) is 12.4 Å². The second-order valence-electron chi connectivity index (χ2n) is 6.46. The van der Waals surface area contributed by atoms with Gasteiger partial charge in [0.25, 0.3) is 0 Å². The van der Waals surface area contributed by atoms with E-state index in [0.717, 1.165) is 12.0 Å². The minimum atomic E-state index is -2.35. The Kier molecular flexibility index (Phi) is 3.37. The van der Waals surface area contributed by atoms with E-state index in [2.05, 4.69) is 15.8 Å². The molecule has 0 saturated carbocycles. The van der Waals surface area contributed by atoms with E-state index >= 15 is 0 Å². The van der Waals surface area contributed by atoms with E-state index in [1.807, 2.05) is 0 Å².